The van der Waals surface area contributed by atoms with Crippen LogP contribution in [0.15, 0.2) is 79.0 Å². The molecule has 4 aromatic rings. The van der Waals surface area contributed by atoms with Crippen molar-refractivity contribution in [1.82, 2.24) is 9.97 Å². The lowest BCUT2D eigenvalue weighted by Crippen LogP contribution is -2.33. The maximum Gasteiger partial charge on any atom is 0.262 e. The van der Waals surface area contributed by atoms with E-state index in [4.69, 9.17) is 11.6 Å². The Morgan fingerprint density at radius 2 is 1.70 bits per heavy atom. The van der Waals surface area contributed by atoms with Crippen molar-refractivity contribution < 1.29 is 15.0 Å². The van der Waals surface area contributed by atoms with E-state index in [2.05, 4.69) is 9.97 Å². The number of aromatic nitrogens is 2. The summed E-state index contributed by atoms with van der Waals surface area (Å²) in [7, 11) is 0. The molecule has 0 aliphatic rings. The number of anilines is 1. The zero-order valence-electron chi connectivity index (χ0n) is 18.1. The van der Waals surface area contributed by atoms with Gasteiger partial charge >= 0.3 is 0 Å². The van der Waals surface area contributed by atoms with Gasteiger partial charge in [0.1, 0.15) is 11.5 Å². The molecule has 1 amide bonds. The van der Waals surface area contributed by atoms with Crippen molar-refractivity contribution in [3.63, 3.8) is 0 Å². The number of hydrogen-bond donors (Lipinski definition) is 2. The number of carbonyl (C=O) groups is 1. The first kappa shape index (κ1) is 22.3. The van der Waals surface area contributed by atoms with Crippen LogP contribution in [0.4, 0.5) is 5.69 Å². The van der Waals surface area contributed by atoms with Gasteiger partial charge in [0.2, 0.25) is 5.28 Å². The fraction of sp³-hybridized carbons (Fsp3) is 0.115. The quantitative estimate of drug-likeness (QED) is 0.361. The van der Waals surface area contributed by atoms with Crippen LogP contribution in [0.3, 0.4) is 0 Å². The van der Waals surface area contributed by atoms with Gasteiger partial charge in [0.25, 0.3) is 5.91 Å². The van der Waals surface area contributed by atoms with Crippen molar-refractivity contribution in [2.24, 2.45) is 0 Å². The van der Waals surface area contributed by atoms with Crippen LogP contribution in [0, 0.1) is 6.92 Å². The number of aromatic hydroxyl groups is 2. The van der Waals surface area contributed by atoms with Gasteiger partial charge in [0.05, 0.1) is 17.3 Å². The smallest absolute Gasteiger partial charge is 0.262 e. The highest BCUT2D eigenvalue weighted by Crippen LogP contribution is 2.33. The maximum absolute atomic E-state index is 13.6. The second kappa shape index (κ2) is 9.30. The van der Waals surface area contributed by atoms with Crippen LogP contribution in [0.25, 0.3) is 11.3 Å². The third kappa shape index (κ3) is 4.66. The summed E-state index contributed by atoms with van der Waals surface area (Å²) in [6.07, 6.45) is 1.67. The molecule has 3 aromatic carbocycles. The Bertz CT molecular complexity index is 1290. The molecule has 6 nitrogen and oxygen atoms in total. The van der Waals surface area contributed by atoms with Crippen molar-refractivity contribution >= 4 is 23.2 Å². The van der Waals surface area contributed by atoms with Crippen molar-refractivity contribution in [2.45, 2.75) is 19.9 Å². The predicted octanol–water partition coefficient (Wildman–Crippen LogP) is 5.92. The third-order valence-corrected chi connectivity index (χ3v) is 5.64. The average Bonchev–Trinajstić information content (AvgIpc) is 2.81. The van der Waals surface area contributed by atoms with E-state index >= 15 is 0 Å². The normalized spacial score (nSPS) is 11.7. The van der Waals surface area contributed by atoms with Gasteiger partial charge in [0.15, 0.2) is 0 Å². The highest BCUT2D eigenvalue weighted by atomic mass is 35.5. The first-order chi connectivity index (χ1) is 15.8. The van der Waals surface area contributed by atoms with Crippen LogP contribution in [-0.4, -0.2) is 26.1 Å². The summed E-state index contributed by atoms with van der Waals surface area (Å²) in [6.45, 7) is 3.83. The van der Waals surface area contributed by atoms with Crippen molar-refractivity contribution in [2.75, 3.05) is 4.90 Å². The fourth-order valence-corrected chi connectivity index (χ4v) is 3.85. The SMILES string of the molecule is Cc1cnc(Cl)nc1-c1ccc(N(C(=O)c2ccc(O)cc2O)C(C)c2ccccc2)cc1. The molecule has 166 valence electrons. The molecule has 0 bridgehead atoms. The van der Waals surface area contributed by atoms with Gasteiger partial charge in [0, 0.05) is 23.5 Å². The summed E-state index contributed by atoms with van der Waals surface area (Å²) in [4.78, 5) is 23.5. The molecule has 1 heterocycles. The Morgan fingerprint density at radius 1 is 1.00 bits per heavy atom. The monoisotopic (exact) mass is 459 g/mol. The number of hydrogen-bond acceptors (Lipinski definition) is 5. The molecule has 2 N–H and O–H groups in total. The van der Waals surface area contributed by atoms with E-state index in [1.165, 1.54) is 12.1 Å². The number of phenolic OH excluding ortho intramolecular Hbond substituents is 2. The molecule has 0 aliphatic heterocycles. The van der Waals surface area contributed by atoms with Crippen molar-refractivity contribution in [3.05, 3.63) is 101 Å². The molecule has 4 rings (SSSR count). The number of benzene rings is 3. The number of halogens is 1. The number of rotatable bonds is 5. The predicted molar refractivity (Wildman–Crippen MR) is 129 cm³/mol. The molecule has 0 aliphatic carbocycles. The summed E-state index contributed by atoms with van der Waals surface area (Å²) in [6, 6.07) is 20.7. The second-order valence-corrected chi connectivity index (χ2v) is 8.02. The lowest BCUT2D eigenvalue weighted by molar-refractivity contribution is 0.0975. The summed E-state index contributed by atoms with van der Waals surface area (Å²) in [5, 5.41) is 20.1. The molecule has 0 saturated heterocycles. The molecule has 0 fully saturated rings. The van der Waals surface area contributed by atoms with Crippen molar-refractivity contribution in [3.8, 4) is 22.8 Å². The molecule has 1 aromatic heterocycles. The Balaban J connectivity index is 1.77. The average molecular weight is 460 g/mol. The van der Waals surface area contributed by atoms with Crippen LogP contribution in [0.2, 0.25) is 5.28 Å². The molecule has 1 atom stereocenters. The Labute approximate surface area is 196 Å². The van der Waals surface area contributed by atoms with Gasteiger partial charge in [-0.25, -0.2) is 9.97 Å². The van der Waals surface area contributed by atoms with E-state index in [0.29, 0.717) is 11.4 Å². The number of aryl methyl sites for hydroxylation is 1. The third-order valence-electron chi connectivity index (χ3n) is 5.46. The molecule has 0 radical (unpaired) electrons. The Hall–Kier alpha value is -3.90. The number of carbonyl (C=O) groups excluding carboxylic acids is 1. The van der Waals surface area contributed by atoms with E-state index in [1.807, 2.05) is 68.4 Å². The minimum absolute atomic E-state index is 0.0954. The van der Waals surface area contributed by atoms with Crippen LogP contribution in [-0.2, 0) is 0 Å². The van der Waals surface area contributed by atoms with Crippen LogP contribution in [0.5, 0.6) is 11.5 Å². The summed E-state index contributed by atoms with van der Waals surface area (Å²) >= 11 is 5.98. The molecule has 33 heavy (non-hydrogen) atoms. The first-order valence-corrected chi connectivity index (χ1v) is 10.7. The summed E-state index contributed by atoms with van der Waals surface area (Å²) < 4.78 is 0. The lowest BCUT2D eigenvalue weighted by atomic mass is 10.0. The van der Waals surface area contributed by atoms with E-state index in [9.17, 15) is 15.0 Å². The van der Waals surface area contributed by atoms with Crippen LogP contribution >= 0.6 is 11.6 Å². The van der Waals surface area contributed by atoms with Crippen molar-refractivity contribution in [1.29, 1.82) is 0 Å². The number of phenols is 2. The fourth-order valence-electron chi connectivity index (χ4n) is 3.72. The standard InChI is InChI=1S/C26H22ClN3O3/c1-16-15-28-26(27)29-24(16)19-8-10-20(11-9-19)30(17(2)18-6-4-3-5-7-18)25(33)22-13-12-21(31)14-23(22)32/h3-15,17,31-32H,1-2H3. The molecule has 0 spiro atoms. The van der Waals surface area contributed by atoms with E-state index in [-0.39, 0.29) is 28.4 Å². The van der Waals surface area contributed by atoms with Gasteiger partial charge in [-0.2, -0.15) is 0 Å². The molecular weight excluding hydrogens is 438 g/mol. The number of amides is 1. The Kier molecular flexibility index (Phi) is 6.29. The molecule has 7 heteroatoms. The van der Waals surface area contributed by atoms with E-state index in [0.717, 1.165) is 22.8 Å². The van der Waals surface area contributed by atoms with Gasteiger partial charge in [-0.05, 0) is 60.8 Å². The molecule has 0 saturated carbocycles. The van der Waals surface area contributed by atoms with Gasteiger partial charge in [-0.15, -0.1) is 0 Å². The van der Waals surface area contributed by atoms with Crippen LogP contribution in [0.1, 0.15) is 34.5 Å². The Morgan fingerprint density at radius 3 is 2.36 bits per heavy atom. The summed E-state index contributed by atoms with van der Waals surface area (Å²) in [5.74, 6) is -0.791. The zero-order chi connectivity index (χ0) is 23.5. The molecule has 1 unspecified atom stereocenters. The largest absolute Gasteiger partial charge is 0.508 e. The maximum atomic E-state index is 13.6. The topological polar surface area (TPSA) is 86.6 Å². The van der Waals surface area contributed by atoms with E-state index in [1.54, 1.807) is 11.1 Å². The van der Waals surface area contributed by atoms with Gasteiger partial charge in [-0.1, -0.05) is 42.5 Å². The second-order valence-electron chi connectivity index (χ2n) is 7.68. The zero-order valence-corrected chi connectivity index (χ0v) is 18.9. The van der Waals surface area contributed by atoms with E-state index < -0.39 is 5.91 Å². The molecular formula is C26H22ClN3O3. The van der Waals surface area contributed by atoms with Gasteiger partial charge < -0.3 is 15.1 Å². The van der Waals surface area contributed by atoms with Gasteiger partial charge in [-0.3, -0.25) is 4.79 Å². The highest BCUT2D eigenvalue weighted by Gasteiger charge is 2.26. The minimum Gasteiger partial charge on any atom is -0.508 e. The number of nitrogens with zero attached hydrogens (tertiary/aromatic N) is 3. The van der Waals surface area contributed by atoms with Crippen LogP contribution < -0.4 is 4.90 Å². The summed E-state index contributed by atoms with van der Waals surface area (Å²) in [5.41, 5.74) is 4.11. The highest BCUT2D eigenvalue weighted by molar-refractivity contribution is 6.28. The minimum atomic E-state index is -0.391. The lowest BCUT2D eigenvalue weighted by Gasteiger charge is -2.30. The first-order valence-electron chi connectivity index (χ1n) is 10.3.